The van der Waals surface area contributed by atoms with Crippen molar-refractivity contribution in [1.29, 1.82) is 0 Å². The molecule has 0 atom stereocenters. The van der Waals surface area contributed by atoms with E-state index in [0.29, 0.717) is 13.0 Å². The summed E-state index contributed by atoms with van der Waals surface area (Å²) in [5, 5.41) is 8.41. The molecule has 0 spiro atoms. The molecule has 0 radical (unpaired) electrons. The van der Waals surface area contributed by atoms with Gasteiger partial charge >= 0.3 is 5.97 Å². The van der Waals surface area contributed by atoms with Gasteiger partial charge in [-0.1, -0.05) is 5.92 Å². The normalized spacial score (nSPS) is 9.75. The molecule has 0 amide bonds. The highest BCUT2D eigenvalue weighted by atomic mass is 19.1. The molecule has 0 saturated heterocycles. The number of alkyl halides is 1. The quantitative estimate of drug-likeness (QED) is 0.590. The van der Waals surface area contributed by atoms with Gasteiger partial charge in [0.1, 0.15) is 0 Å². The Balaban J connectivity index is 3.71. The van der Waals surface area contributed by atoms with Gasteiger partial charge in [0.05, 0.1) is 19.8 Å². The Morgan fingerprint density at radius 3 is 2.75 bits per heavy atom. The predicted octanol–water partition coefficient (Wildman–Crippen LogP) is 0.366. The lowest BCUT2D eigenvalue weighted by atomic mass is 10.4. The van der Waals surface area contributed by atoms with Crippen molar-refractivity contribution >= 4 is 5.97 Å². The zero-order valence-corrected chi connectivity index (χ0v) is 6.79. The van der Waals surface area contributed by atoms with Crippen LogP contribution in [0.1, 0.15) is 6.42 Å². The molecule has 0 aliphatic rings. The van der Waals surface area contributed by atoms with E-state index in [4.69, 9.17) is 11.5 Å². The first-order valence-electron chi connectivity index (χ1n) is 3.64. The first kappa shape index (κ1) is 10.9. The van der Waals surface area contributed by atoms with Crippen molar-refractivity contribution < 1.29 is 14.3 Å². The molecule has 0 unspecified atom stereocenters. The summed E-state index contributed by atoms with van der Waals surface area (Å²) < 4.78 is 11.7. The van der Waals surface area contributed by atoms with Crippen molar-refractivity contribution in [2.75, 3.05) is 26.3 Å². The molecule has 0 fully saturated rings. The fraction of sp³-hybridized carbons (Fsp3) is 0.625. The Kier molecular flexibility index (Phi) is 6.02. The second kappa shape index (κ2) is 6.62. The van der Waals surface area contributed by atoms with Crippen molar-refractivity contribution in [2.24, 2.45) is 0 Å². The second-order valence-electron chi connectivity index (χ2n) is 2.35. The van der Waals surface area contributed by atoms with Crippen LogP contribution in [0.25, 0.3) is 0 Å². The van der Waals surface area contributed by atoms with Crippen LogP contribution in [0.15, 0.2) is 0 Å². The molecule has 0 aliphatic carbocycles. The molecule has 0 aromatic rings. The SMILES string of the molecule is C#CCN(CCCF)CC(=O)O. The molecule has 12 heavy (non-hydrogen) atoms. The van der Waals surface area contributed by atoms with Gasteiger partial charge in [-0.05, 0) is 6.42 Å². The van der Waals surface area contributed by atoms with E-state index in [9.17, 15) is 9.18 Å². The zero-order valence-electron chi connectivity index (χ0n) is 6.79. The van der Waals surface area contributed by atoms with Gasteiger partial charge < -0.3 is 5.11 Å². The number of carboxylic acid groups (broad SMARTS) is 1. The summed E-state index contributed by atoms with van der Waals surface area (Å²) in [4.78, 5) is 11.8. The van der Waals surface area contributed by atoms with Crippen molar-refractivity contribution in [3.63, 3.8) is 0 Å². The first-order chi connectivity index (χ1) is 5.70. The highest BCUT2D eigenvalue weighted by Crippen LogP contribution is 1.91. The number of aliphatic carboxylic acids is 1. The lowest BCUT2D eigenvalue weighted by Crippen LogP contribution is -2.31. The largest absolute Gasteiger partial charge is 0.480 e. The van der Waals surface area contributed by atoms with Gasteiger partial charge in [0.2, 0.25) is 0 Å². The topological polar surface area (TPSA) is 40.5 Å². The molecule has 0 bridgehead atoms. The van der Waals surface area contributed by atoms with E-state index in [0.717, 1.165) is 0 Å². The summed E-state index contributed by atoms with van der Waals surface area (Å²) in [5.74, 6) is 1.38. The minimum absolute atomic E-state index is 0.121. The minimum atomic E-state index is -0.941. The molecule has 0 aliphatic heterocycles. The van der Waals surface area contributed by atoms with Gasteiger partial charge in [-0.15, -0.1) is 6.42 Å². The van der Waals surface area contributed by atoms with Crippen molar-refractivity contribution in [1.82, 2.24) is 4.90 Å². The van der Waals surface area contributed by atoms with Gasteiger partial charge in [-0.2, -0.15) is 0 Å². The Morgan fingerprint density at radius 1 is 1.67 bits per heavy atom. The zero-order chi connectivity index (χ0) is 9.40. The van der Waals surface area contributed by atoms with E-state index in [1.807, 2.05) is 0 Å². The molecule has 4 heteroatoms. The lowest BCUT2D eigenvalue weighted by molar-refractivity contribution is -0.138. The molecule has 3 nitrogen and oxygen atoms in total. The van der Waals surface area contributed by atoms with Gasteiger partial charge in [-0.25, -0.2) is 0 Å². The maximum Gasteiger partial charge on any atom is 0.317 e. The molecular formula is C8H12FNO2. The Labute approximate surface area is 71.2 Å². The van der Waals surface area contributed by atoms with E-state index >= 15 is 0 Å². The summed E-state index contributed by atoms with van der Waals surface area (Å²) in [6.07, 6.45) is 5.33. The Hall–Kier alpha value is -1.08. The molecule has 0 aromatic carbocycles. The average Bonchev–Trinajstić information content (AvgIpc) is 2.00. The number of halogens is 1. The number of hydrogen-bond acceptors (Lipinski definition) is 2. The van der Waals surface area contributed by atoms with E-state index in [-0.39, 0.29) is 13.1 Å². The first-order valence-corrected chi connectivity index (χ1v) is 3.64. The minimum Gasteiger partial charge on any atom is -0.480 e. The van der Waals surface area contributed by atoms with E-state index in [1.54, 1.807) is 0 Å². The number of carbonyl (C=O) groups is 1. The summed E-state index contributed by atoms with van der Waals surface area (Å²) >= 11 is 0. The van der Waals surface area contributed by atoms with Crippen LogP contribution in [0.2, 0.25) is 0 Å². The van der Waals surface area contributed by atoms with Crippen LogP contribution in [0.4, 0.5) is 4.39 Å². The summed E-state index contributed by atoms with van der Waals surface area (Å²) in [5.41, 5.74) is 0. The van der Waals surface area contributed by atoms with E-state index in [1.165, 1.54) is 4.90 Å². The lowest BCUT2D eigenvalue weighted by Gasteiger charge is -2.15. The number of hydrogen-bond donors (Lipinski definition) is 1. The number of carboxylic acids is 1. The highest BCUT2D eigenvalue weighted by molar-refractivity contribution is 5.69. The van der Waals surface area contributed by atoms with Gasteiger partial charge in [0.25, 0.3) is 0 Å². The van der Waals surface area contributed by atoms with Gasteiger partial charge in [0, 0.05) is 6.54 Å². The van der Waals surface area contributed by atoms with Crippen LogP contribution < -0.4 is 0 Å². The van der Waals surface area contributed by atoms with Crippen LogP contribution in [0.5, 0.6) is 0 Å². The molecule has 1 N–H and O–H groups in total. The maximum absolute atomic E-state index is 11.7. The fourth-order valence-electron chi connectivity index (χ4n) is 0.818. The Bertz CT molecular complexity index is 176. The van der Waals surface area contributed by atoms with Crippen LogP contribution in [-0.4, -0.2) is 42.3 Å². The van der Waals surface area contributed by atoms with Crippen LogP contribution in [0.3, 0.4) is 0 Å². The monoisotopic (exact) mass is 173 g/mol. The molecular weight excluding hydrogens is 161 g/mol. The van der Waals surface area contributed by atoms with Crippen LogP contribution in [0, 0.1) is 12.3 Å². The summed E-state index contributed by atoms with van der Waals surface area (Å²) in [6, 6.07) is 0. The second-order valence-corrected chi connectivity index (χ2v) is 2.35. The van der Waals surface area contributed by atoms with E-state index < -0.39 is 12.6 Å². The number of nitrogens with zero attached hydrogens (tertiary/aromatic N) is 1. The molecule has 0 aromatic heterocycles. The third kappa shape index (κ3) is 5.69. The van der Waals surface area contributed by atoms with Crippen molar-refractivity contribution in [2.45, 2.75) is 6.42 Å². The summed E-state index contributed by atoms with van der Waals surface area (Å²) in [7, 11) is 0. The standard InChI is InChI=1S/C8H12FNO2/c1-2-5-10(6-3-4-9)7-8(11)12/h1H,3-7H2,(H,11,12). The third-order valence-electron chi connectivity index (χ3n) is 1.28. The van der Waals surface area contributed by atoms with Crippen LogP contribution >= 0.6 is 0 Å². The molecule has 0 rings (SSSR count). The molecule has 0 saturated carbocycles. The maximum atomic E-state index is 11.7. The smallest absolute Gasteiger partial charge is 0.317 e. The number of terminal acetylenes is 1. The number of rotatable bonds is 6. The molecule has 0 heterocycles. The molecule has 68 valence electrons. The van der Waals surface area contributed by atoms with E-state index in [2.05, 4.69) is 5.92 Å². The van der Waals surface area contributed by atoms with Crippen molar-refractivity contribution in [3.8, 4) is 12.3 Å². The van der Waals surface area contributed by atoms with Crippen molar-refractivity contribution in [3.05, 3.63) is 0 Å². The summed E-state index contributed by atoms with van der Waals surface area (Å²) in [6.45, 7) is 0.0875. The van der Waals surface area contributed by atoms with Crippen LogP contribution in [-0.2, 0) is 4.79 Å². The third-order valence-corrected chi connectivity index (χ3v) is 1.28. The highest BCUT2D eigenvalue weighted by Gasteiger charge is 2.06. The van der Waals surface area contributed by atoms with Gasteiger partial charge in [0.15, 0.2) is 0 Å². The fourth-order valence-corrected chi connectivity index (χ4v) is 0.818. The average molecular weight is 173 g/mol. The predicted molar refractivity (Wildman–Crippen MR) is 43.5 cm³/mol. The Morgan fingerprint density at radius 2 is 2.33 bits per heavy atom. The van der Waals surface area contributed by atoms with Gasteiger partial charge in [-0.3, -0.25) is 14.1 Å².